The van der Waals surface area contributed by atoms with Crippen molar-refractivity contribution in [3.05, 3.63) is 11.1 Å². The third-order valence-corrected chi connectivity index (χ3v) is 3.60. The van der Waals surface area contributed by atoms with Gasteiger partial charge in [0.1, 0.15) is 0 Å². The van der Waals surface area contributed by atoms with Crippen LogP contribution in [0.5, 0.6) is 0 Å². The van der Waals surface area contributed by atoms with Crippen molar-refractivity contribution in [1.82, 2.24) is 9.59 Å². The fourth-order valence-electron chi connectivity index (χ4n) is 0.784. The smallest absolute Gasteiger partial charge is 0.0653 e. The van der Waals surface area contributed by atoms with Gasteiger partial charge >= 0.3 is 0 Å². The molecule has 0 unspecified atom stereocenters. The molecular formula is C7H11BrN2S. The summed E-state index contributed by atoms with van der Waals surface area (Å²) in [7, 11) is 0. The zero-order valence-electron chi connectivity index (χ0n) is 6.67. The Morgan fingerprint density at radius 2 is 2.36 bits per heavy atom. The van der Waals surface area contributed by atoms with E-state index in [1.54, 1.807) is 0 Å². The van der Waals surface area contributed by atoms with Crippen LogP contribution in [0.4, 0.5) is 0 Å². The minimum atomic E-state index is 0.314. The molecule has 0 fully saturated rings. The van der Waals surface area contributed by atoms with E-state index in [0.29, 0.717) is 5.41 Å². The van der Waals surface area contributed by atoms with Crippen LogP contribution in [0.3, 0.4) is 0 Å². The van der Waals surface area contributed by atoms with Crippen LogP contribution in [-0.4, -0.2) is 14.9 Å². The summed E-state index contributed by atoms with van der Waals surface area (Å²) in [6.07, 6.45) is 2.89. The first-order chi connectivity index (χ1) is 5.14. The SMILES string of the molecule is CC(C)(CBr)Cc1cnns1. The standard InChI is InChI=1S/C7H11BrN2S/c1-7(2,5-8)3-6-4-9-10-11-6/h4H,3,5H2,1-2H3. The van der Waals surface area contributed by atoms with E-state index in [4.69, 9.17) is 0 Å². The molecule has 0 saturated carbocycles. The van der Waals surface area contributed by atoms with Crippen LogP contribution in [0.25, 0.3) is 0 Å². The molecule has 11 heavy (non-hydrogen) atoms. The molecule has 0 radical (unpaired) electrons. The van der Waals surface area contributed by atoms with E-state index in [2.05, 4.69) is 39.4 Å². The normalized spacial score (nSPS) is 11.9. The molecule has 2 nitrogen and oxygen atoms in total. The van der Waals surface area contributed by atoms with Crippen molar-refractivity contribution in [1.29, 1.82) is 0 Å². The predicted molar refractivity (Wildman–Crippen MR) is 51.2 cm³/mol. The Labute approximate surface area is 79.3 Å². The molecule has 1 heterocycles. The van der Waals surface area contributed by atoms with Crippen LogP contribution in [0, 0.1) is 5.41 Å². The topological polar surface area (TPSA) is 25.8 Å². The summed E-state index contributed by atoms with van der Waals surface area (Å²) >= 11 is 4.96. The Bertz CT molecular complexity index is 208. The lowest BCUT2D eigenvalue weighted by Crippen LogP contribution is -2.15. The fraction of sp³-hybridized carbons (Fsp3) is 0.714. The highest BCUT2D eigenvalue weighted by atomic mass is 79.9. The number of nitrogens with zero attached hydrogens (tertiary/aromatic N) is 2. The van der Waals surface area contributed by atoms with Crippen molar-refractivity contribution in [2.45, 2.75) is 20.3 Å². The number of alkyl halides is 1. The Hall–Kier alpha value is 0.0400. The molecule has 0 atom stereocenters. The van der Waals surface area contributed by atoms with Crippen molar-refractivity contribution in [3.63, 3.8) is 0 Å². The summed E-state index contributed by atoms with van der Waals surface area (Å²) < 4.78 is 3.82. The minimum absolute atomic E-state index is 0.314. The molecule has 1 aromatic rings. The quantitative estimate of drug-likeness (QED) is 0.752. The first kappa shape index (κ1) is 9.13. The van der Waals surface area contributed by atoms with E-state index < -0.39 is 0 Å². The Morgan fingerprint density at radius 1 is 1.64 bits per heavy atom. The van der Waals surface area contributed by atoms with Gasteiger partial charge in [-0.25, -0.2) is 0 Å². The van der Waals surface area contributed by atoms with Crippen molar-refractivity contribution in [2.24, 2.45) is 5.41 Å². The van der Waals surface area contributed by atoms with E-state index >= 15 is 0 Å². The fourth-order valence-corrected chi connectivity index (χ4v) is 1.73. The minimum Gasteiger partial charge on any atom is -0.146 e. The summed E-state index contributed by atoms with van der Waals surface area (Å²) in [5.41, 5.74) is 0.314. The maximum atomic E-state index is 3.82. The number of rotatable bonds is 3. The van der Waals surface area contributed by atoms with Gasteiger partial charge in [-0.05, 0) is 23.4 Å². The summed E-state index contributed by atoms with van der Waals surface area (Å²) in [6, 6.07) is 0. The lowest BCUT2D eigenvalue weighted by atomic mass is 9.92. The molecular weight excluding hydrogens is 224 g/mol. The van der Waals surface area contributed by atoms with Gasteiger partial charge in [-0.3, -0.25) is 0 Å². The Balaban J connectivity index is 2.56. The van der Waals surface area contributed by atoms with Crippen LogP contribution >= 0.6 is 27.5 Å². The van der Waals surface area contributed by atoms with Gasteiger partial charge in [-0.15, -0.1) is 5.10 Å². The van der Waals surface area contributed by atoms with Gasteiger partial charge in [0, 0.05) is 10.2 Å². The number of halogens is 1. The first-order valence-electron chi connectivity index (χ1n) is 3.46. The van der Waals surface area contributed by atoms with Gasteiger partial charge in [-0.1, -0.05) is 34.3 Å². The third-order valence-electron chi connectivity index (χ3n) is 1.42. The monoisotopic (exact) mass is 234 g/mol. The highest BCUT2D eigenvalue weighted by Crippen LogP contribution is 2.24. The highest BCUT2D eigenvalue weighted by Gasteiger charge is 2.17. The molecule has 0 N–H and O–H groups in total. The largest absolute Gasteiger partial charge is 0.146 e. The predicted octanol–water partition coefficient (Wildman–Crippen LogP) is 2.50. The van der Waals surface area contributed by atoms with Crippen LogP contribution in [0.15, 0.2) is 6.20 Å². The number of hydrogen-bond donors (Lipinski definition) is 0. The van der Waals surface area contributed by atoms with Crippen LogP contribution in [0.1, 0.15) is 18.7 Å². The average Bonchev–Trinajstić information content (AvgIpc) is 2.39. The lowest BCUT2D eigenvalue weighted by Gasteiger charge is -2.19. The summed E-state index contributed by atoms with van der Waals surface area (Å²) in [5, 5.41) is 4.81. The van der Waals surface area contributed by atoms with E-state index in [-0.39, 0.29) is 0 Å². The molecule has 0 spiro atoms. The lowest BCUT2D eigenvalue weighted by molar-refractivity contribution is 0.428. The molecule has 0 aliphatic carbocycles. The van der Waals surface area contributed by atoms with Crippen LogP contribution in [-0.2, 0) is 6.42 Å². The molecule has 1 rings (SSSR count). The van der Waals surface area contributed by atoms with Crippen molar-refractivity contribution < 1.29 is 0 Å². The molecule has 0 saturated heterocycles. The molecule has 0 aromatic carbocycles. The van der Waals surface area contributed by atoms with Crippen LogP contribution < -0.4 is 0 Å². The van der Waals surface area contributed by atoms with Gasteiger partial charge in [0.05, 0.1) is 6.20 Å². The third kappa shape index (κ3) is 2.87. The molecule has 0 amide bonds. The Morgan fingerprint density at radius 3 is 2.82 bits per heavy atom. The Kier molecular flexibility index (Phi) is 3.01. The zero-order chi connectivity index (χ0) is 8.32. The molecule has 0 bridgehead atoms. The van der Waals surface area contributed by atoms with Crippen molar-refractivity contribution in [3.8, 4) is 0 Å². The van der Waals surface area contributed by atoms with Gasteiger partial charge in [-0.2, -0.15) is 0 Å². The maximum Gasteiger partial charge on any atom is 0.0653 e. The van der Waals surface area contributed by atoms with Crippen molar-refractivity contribution >= 4 is 27.5 Å². The van der Waals surface area contributed by atoms with Gasteiger partial charge in [0.25, 0.3) is 0 Å². The second-order valence-corrected chi connectivity index (χ2v) is 4.79. The van der Waals surface area contributed by atoms with E-state index in [1.807, 2.05) is 6.20 Å². The molecule has 0 aliphatic heterocycles. The van der Waals surface area contributed by atoms with E-state index in [9.17, 15) is 0 Å². The van der Waals surface area contributed by atoms with Gasteiger partial charge in [0.15, 0.2) is 0 Å². The first-order valence-corrected chi connectivity index (χ1v) is 5.36. The van der Waals surface area contributed by atoms with Gasteiger partial charge in [0.2, 0.25) is 0 Å². The van der Waals surface area contributed by atoms with Crippen molar-refractivity contribution in [2.75, 3.05) is 5.33 Å². The average molecular weight is 235 g/mol. The molecule has 0 aliphatic rings. The zero-order valence-corrected chi connectivity index (χ0v) is 9.07. The van der Waals surface area contributed by atoms with E-state index in [1.165, 1.54) is 16.4 Å². The second kappa shape index (κ2) is 3.63. The molecule has 62 valence electrons. The molecule has 4 heteroatoms. The second-order valence-electron chi connectivity index (χ2n) is 3.36. The number of hydrogen-bond acceptors (Lipinski definition) is 3. The van der Waals surface area contributed by atoms with Crippen LogP contribution in [0.2, 0.25) is 0 Å². The van der Waals surface area contributed by atoms with E-state index in [0.717, 1.165) is 11.8 Å². The summed E-state index contributed by atoms with van der Waals surface area (Å²) in [4.78, 5) is 1.26. The van der Waals surface area contributed by atoms with Gasteiger partial charge < -0.3 is 0 Å². The summed E-state index contributed by atoms with van der Waals surface area (Å²) in [5.74, 6) is 0. The summed E-state index contributed by atoms with van der Waals surface area (Å²) in [6.45, 7) is 4.45. The maximum absolute atomic E-state index is 3.82. The molecule has 1 aromatic heterocycles. The number of aromatic nitrogens is 2. The highest BCUT2D eigenvalue weighted by molar-refractivity contribution is 9.09.